The number of benzene rings is 1. The highest BCUT2D eigenvalue weighted by Crippen LogP contribution is 2.52. The molecule has 0 bridgehead atoms. The summed E-state index contributed by atoms with van der Waals surface area (Å²) in [5, 5.41) is 9.11. The van der Waals surface area contributed by atoms with Crippen molar-refractivity contribution in [1.82, 2.24) is 19.1 Å². The van der Waals surface area contributed by atoms with Crippen LogP contribution in [0.5, 0.6) is 0 Å². The number of aromatic nitrogens is 3. The molecule has 29 heavy (non-hydrogen) atoms. The molecular weight excluding hydrogens is 408 g/mol. The van der Waals surface area contributed by atoms with E-state index in [0.29, 0.717) is 23.7 Å². The van der Waals surface area contributed by atoms with Gasteiger partial charge in [0.25, 0.3) is 0 Å². The third kappa shape index (κ3) is 4.09. The highest BCUT2D eigenvalue weighted by molar-refractivity contribution is 7.88. The van der Waals surface area contributed by atoms with Gasteiger partial charge in [-0.2, -0.15) is 0 Å². The molecule has 0 N–H and O–H groups in total. The Morgan fingerprint density at radius 3 is 2.69 bits per heavy atom. The largest absolute Gasteiger partial charge is 0.317 e. The zero-order valence-electron chi connectivity index (χ0n) is 16.9. The highest BCUT2D eigenvalue weighted by atomic mass is 35.5. The lowest BCUT2D eigenvalue weighted by molar-refractivity contribution is 0.176. The van der Waals surface area contributed by atoms with Crippen molar-refractivity contribution in [2.75, 3.05) is 13.1 Å². The Kier molecular flexibility index (Phi) is 6.00. The van der Waals surface area contributed by atoms with Gasteiger partial charge in [-0.1, -0.05) is 56.0 Å². The Morgan fingerprint density at radius 2 is 1.97 bits per heavy atom. The summed E-state index contributed by atoms with van der Waals surface area (Å²) in [7, 11) is -3.47. The van der Waals surface area contributed by atoms with Crippen LogP contribution < -0.4 is 0 Å². The minimum Gasteiger partial charge on any atom is -0.317 e. The van der Waals surface area contributed by atoms with Gasteiger partial charge in [-0.3, -0.25) is 0 Å². The number of hydrogen-bond donors (Lipinski definition) is 0. The van der Waals surface area contributed by atoms with Gasteiger partial charge in [0.1, 0.15) is 12.2 Å². The summed E-state index contributed by atoms with van der Waals surface area (Å²) in [4.78, 5) is 0. The van der Waals surface area contributed by atoms with Crippen molar-refractivity contribution < 1.29 is 8.42 Å². The molecule has 0 amide bonds. The van der Waals surface area contributed by atoms with Gasteiger partial charge < -0.3 is 4.57 Å². The van der Waals surface area contributed by atoms with Crippen molar-refractivity contribution >= 4 is 21.6 Å². The van der Waals surface area contributed by atoms with E-state index in [0.717, 1.165) is 44.5 Å². The normalized spacial score (nSPS) is 22.3. The van der Waals surface area contributed by atoms with E-state index in [-0.39, 0.29) is 17.1 Å². The molecule has 2 aromatic rings. The predicted molar refractivity (Wildman–Crippen MR) is 114 cm³/mol. The van der Waals surface area contributed by atoms with Crippen molar-refractivity contribution in [3.05, 3.63) is 47.0 Å². The second-order valence-electron chi connectivity index (χ2n) is 8.50. The number of sulfonamides is 1. The zero-order chi connectivity index (χ0) is 20.5. The van der Waals surface area contributed by atoms with E-state index in [1.807, 2.05) is 12.1 Å². The second kappa shape index (κ2) is 8.36. The molecule has 1 aliphatic heterocycles. The van der Waals surface area contributed by atoms with Gasteiger partial charge in [0.2, 0.25) is 10.0 Å². The van der Waals surface area contributed by atoms with Crippen LogP contribution in [0.4, 0.5) is 0 Å². The minimum absolute atomic E-state index is 0.0374. The highest BCUT2D eigenvalue weighted by Gasteiger charge is 2.52. The van der Waals surface area contributed by atoms with Crippen molar-refractivity contribution in [3.8, 4) is 0 Å². The molecule has 2 fully saturated rings. The molecule has 1 aliphatic carbocycles. The third-order valence-electron chi connectivity index (χ3n) is 6.58. The summed E-state index contributed by atoms with van der Waals surface area (Å²) < 4.78 is 30.5. The molecule has 4 rings (SSSR count). The van der Waals surface area contributed by atoms with E-state index in [1.165, 1.54) is 6.42 Å². The average Bonchev–Trinajstić information content (AvgIpc) is 3.29. The van der Waals surface area contributed by atoms with Crippen LogP contribution in [0.3, 0.4) is 0 Å². The minimum atomic E-state index is -3.47. The lowest BCUT2D eigenvalue weighted by Gasteiger charge is -2.37. The first kappa shape index (κ1) is 20.8. The standard InChI is InChI=1S/C21H29ClN4O2S/c1-2-12-25-16-23-24-20(25)18-13-26(15-21(18)10-6-3-7-11-21)29(27,28)14-17-8-4-5-9-19(17)22/h4-5,8-9,16,18H,2-3,6-7,10-15H2,1H3. The van der Waals surface area contributed by atoms with Crippen LogP contribution in [-0.4, -0.2) is 40.6 Å². The van der Waals surface area contributed by atoms with Gasteiger partial charge in [-0.25, -0.2) is 12.7 Å². The molecule has 2 heterocycles. The first-order chi connectivity index (χ1) is 14.0. The van der Waals surface area contributed by atoms with Crippen LogP contribution in [0.2, 0.25) is 5.02 Å². The molecule has 1 aromatic heterocycles. The second-order valence-corrected chi connectivity index (χ2v) is 10.9. The van der Waals surface area contributed by atoms with E-state index in [1.54, 1.807) is 22.8 Å². The summed E-state index contributed by atoms with van der Waals surface area (Å²) in [5.41, 5.74) is 0.620. The van der Waals surface area contributed by atoms with E-state index >= 15 is 0 Å². The summed E-state index contributed by atoms with van der Waals surface area (Å²) in [6, 6.07) is 7.19. The smallest absolute Gasteiger partial charge is 0.218 e. The fourth-order valence-corrected chi connectivity index (χ4v) is 7.04. The van der Waals surface area contributed by atoms with Gasteiger partial charge >= 0.3 is 0 Å². The fraction of sp³-hybridized carbons (Fsp3) is 0.619. The lowest BCUT2D eigenvalue weighted by Crippen LogP contribution is -2.35. The molecular formula is C21H29ClN4O2S. The van der Waals surface area contributed by atoms with Crippen molar-refractivity contribution in [2.45, 2.75) is 63.7 Å². The molecule has 2 aliphatic rings. The maximum absolute atomic E-state index is 13.3. The molecule has 8 heteroatoms. The van der Waals surface area contributed by atoms with Crippen LogP contribution in [-0.2, 0) is 22.3 Å². The SMILES string of the molecule is CCCn1cnnc1C1CN(S(=O)(=O)Cc2ccccc2Cl)CC12CCCCC2. The Labute approximate surface area is 178 Å². The molecule has 1 spiro atoms. The third-order valence-corrected chi connectivity index (χ3v) is 8.69. The van der Waals surface area contributed by atoms with Crippen molar-refractivity contribution in [1.29, 1.82) is 0 Å². The van der Waals surface area contributed by atoms with Gasteiger partial charge in [0.05, 0.1) is 5.75 Å². The maximum atomic E-state index is 13.3. The van der Waals surface area contributed by atoms with E-state index < -0.39 is 10.0 Å². The summed E-state index contributed by atoms with van der Waals surface area (Å²) in [5.74, 6) is 0.985. The molecule has 0 radical (unpaired) electrons. The fourth-order valence-electron chi connectivity index (χ4n) is 5.10. The molecule has 1 atom stereocenters. The molecule has 158 valence electrons. The number of halogens is 1. The Balaban J connectivity index is 1.64. The van der Waals surface area contributed by atoms with Gasteiger partial charge in [-0.15, -0.1) is 10.2 Å². The Morgan fingerprint density at radius 1 is 1.21 bits per heavy atom. The van der Waals surface area contributed by atoms with Crippen molar-refractivity contribution in [3.63, 3.8) is 0 Å². The number of hydrogen-bond acceptors (Lipinski definition) is 4. The first-order valence-corrected chi connectivity index (χ1v) is 12.5. The van der Waals surface area contributed by atoms with Crippen LogP contribution in [0.15, 0.2) is 30.6 Å². The number of rotatable bonds is 6. The summed E-state index contributed by atoms with van der Waals surface area (Å²) >= 11 is 6.24. The quantitative estimate of drug-likeness (QED) is 0.679. The molecule has 1 unspecified atom stereocenters. The summed E-state index contributed by atoms with van der Waals surface area (Å²) in [6.07, 6.45) is 8.41. The van der Waals surface area contributed by atoms with Gasteiger partial charge in [0, 0.05) is 30.6 Å². The van der Waals surface area contributed by atoms with E-state index in [2.05, 4.69) is 21.7 Å². The van der Waals surface area contributed by atoms with Gasteiger partial charge in [0.15, 0.2) is 0 Å². The zero-order valence-corrected chi connectivity index (χ0v) is 18.5. The molecule has 1 aromatic carbocycles. The number of nitrogens with zero attached hydrogens (tertiary/aromatic N) is 4. The predicted octanol–water partition coefficient (Wildman–Crippen LogP) is 4.22. The van der Waals surface area contributed by atoms with E-state index in [9.17, 15) is 8.42 Å². The molecule has 6 nitrogen and oxygen atoms in total. The van der Waals surface area contributed by atoms with Crippen LogP contribution >= 0.6 is 11.6 Å². The number of aryl methyl sites for hydroxylation is 1. The monoisotopic (exact) mass is 436 g/mol. The first-order valence-electron chi connectivity index (χ1n) is 10.5. The maximum Gasteiger partial charge on any atom is 0.218 e. The van der Waals surface area contributed by atoms with Crippen LogP contribution in [0.25, 0.3) is 0 Å². The topological polar surface area (TPSA) is 68.1 Å². The Bertz CT molecular complexity index is 953. The van der Waals surface area contributed by atoms with E-state index in [4.69, 9.17) is 11.6 Å². The van der Waals surface area contributed by atoms with Gasteiger partial charge in [-0.05, 0) is 36.3 Å². The lowest BCUT2D eigenvalue weighted by atomic mass is 9.67. The summed E-state index contributed by atoms with van der Waals surface area (Å²) in [6.45, 7) is 4.05. The Hall–Kier alpha value is -1.44. The van der Waals surface area contributed by atoms with Crippen LogP contribution in [0.1, 0.15) is 62.8 Å². The van der Waals surface area contributed by atoms with Crippen LogP contribution in [0, 0.1) is 5.41 Å². The van der Waals surface area contributed by atoms with Crippen molar-refractivity contribution in [2.24, 2.45) is 5.41 Å². The molecule has 1 saturated heterocycles. The average molecular weight is 437 g/mol. The molecule has 1 saturated carbocycles.